The lowest BCUT2D eigenvalue weighted by Gasteiger charge is -2.35. The summed E-state index contributed by atoms with van der Waals surface area (Å²) in [6, 6.07) is 35.1. The van der Waals surface area contributed by atoms with Crippen LogP contribution in [0.4, 0.5) is 0 Å². The largest absolute Gasteiger partial charge is 0.477 e. The van der Waals surface area contributed by atoms with E-state index < -0.39 is 5.54 Å². The average molecular weight is 494 g/mol. The first-order valence-electron chi connectivity index (χ1n) is 11.8. The van der Waals surface area contributed by atoms with Gasteiger partial charge in [0.05, 0.1) is 6.61 Å². The highest BCUT2D eigenvalue weighted by Crippen LogP contribution is 2.40. The number of rotatable bonds is 10. The van der Waals surface area contributed by atoms with Crippen molar-refractivity contribution in [3.05, 3.63) is 138 Å². The van der Waals surface area contributed by atoms with Gasteiger partial charge in [-0.15, -0.1) is 5.10 Å². The maximum Gasteiger partial charge on any atom is 0.213 e. The molecule has 0 bridgehead atoms. The van der Waals surface area contributed by atoms with Gasteiger partial charge in [0.15, 0.2) is 0 Å². The Hall–Kier alpha value is -3.94. The van der Waals surface area contributed by atoms with Crippen molar-refractivity contribution in [3.8, 4) is 5.88 Å². The lowest BCUT2D eigenvalue weighted by atomic mass is 9.77. The fourth-order valence-electron chi connectivity index (χ4n) is 4.35. The average Bonchev–Trinajstić information content (AvgIpc) is 3.42. The van der Waals surface area contributed by atoms with E-state index >= 15 is 0 Å². The number of aromatic nitrogens is 4. The van der Waals surface area contributed by atoms with Crippen molar-refractivity contribution < 1.29 is 4.74 Å². The molecule has 7 heteroatoms. The molecule has 6 nitrogen and oxygen atoms in total. The van der Waals surface area contributed by atoms with Gasteiger partial charge < -0.3 is 10.5 Å². The summed E-state index contributed by atoms with van der Waals surface area (Å²) in [4.78, 5) is 8.90. The van der Waals surface area contributed by atoms with Crippen molar-refractivity contribution in [3.63, 3.8) is 0 Å². The number of benzene rings is 3. The van der Waals surface area contributed by atoms with Crippen LogP contribution < -0.4 is 10.5 Å². The number of ether oxygens (including phenoxy) is 1. The van der Waals surface area contributed by atoms with Gasteiger partial charge in [0.1, 0.15) is 11.9 Å². The van der Waals surface area contributed by atoms with Crippen LogP contribution in [-0.2, 0) is 12.1 Å². The monoisotopic (exact) mass is 493 g/mol. The number of pyridine rings is 1. The Kier molecular flexibility index (Phi) is 7.40. The van der Waals surface area contributed by atoms with Crippen LogP contribution in [0.15, 0.2) is 121 Å². The van der Waals surface area contributed by atoms with Gasteiger partial charge in [-0.25, -0.2) is 14.6 Å². The number of hydrogen-bond donors (Lipinski definition) is 1. The van der Waals surface area contributed by atoms with Crippen LogP contribution in [0.25, 0.3) is 0 Å². The molecule has 0 saturated carbocycles. The summed E-state index contributed by atoms with van der Waals surface area (Å²) in [5, 5.41) is 5.65. The molecule has 5 aromatic rings. The summed E-state index contributed by atoms with van der Waals surface area (Å²) in [5.74, 6) is 1.27. The van der Waals surface area contributed by atoms with Crippen molar-refractivity contribution in [2.45, 2.75) is 17.2 Å². The third-order valence-corrected chi connectivity index (χ3v) is 6.80. The van der Waals surface area contributed by atoms with Crippen molar-refractivity contribution >= 4 is 11.8 Å². The Balaban J connectivity index is 1.45. The maximum absolute atomic E-state index is 5.80. The molecule has 2 N–H and O–H groups in total. The fourth-order valence-corrected chi connectivity index (χ4v) is 4.96. The minimum atomic E-state index is -0.668. The van der Waals surface area contributed by atoms with Crippen LogP contribution in [0.1, 0.15) is 22.3 Å². The molecule has 180 valence electrons. The Morgan fingerprint density at radius 3 is 1.92 bits per heavy atom. The Morgan fingerprint density at radius 1 is 0.778 bits per heavy atom. The molecule has 2 aromatic heterocycles. The number of thioether (sulfide) groups is 1. The highest BCUT2D eigenvalue weighted by Gasteiger charge is 2.39. The Labute approximate surface area is 215 Å². The van der Waals surface area contributed by atoms with Crippen LogP contribution in [0, 0.1) is 0 Å². The van der Waals surface area contributed by atoms with Crippen LogP contribution in [0.2, 0.25) is 0 Å². The molecule has 0 amide bonds. The lowest BCUT2D eigenvalue weighted by molar-refractivity contribution is 0.330. The standard InChI is InChI=1S/C29H27N5OS/c30-21-23-16-17-31-27(20-23)35-18-19-36-28-32-22-34(33-28)29(24-10-4-1-5-11-24,25-12-6-2-7-13-25)26-14-8-3-9-15-26/h1-17,20,22H,18-19,21,30H2. The summed E-state index contributed by atoms with van der Waals surface area (Å²) in [5.41, 5.74) is 9.36. The summed E-state index contributed by atoms with van der Waals surface area (Å²) in [6.45, 7) is 0.947. The predicted molar refractivity (Wildman–Crippen MR) is 143 cm³/mol. The molecule has 5 rings (SSSR count). The first-order valence-corrected chi connectivity index (χ1v) is 12.8. The van der Waals surface area contributed by atoms with Gasteiger partial charge >= 0.3 is 0 Å². The zero-order valence-corrected chi connectivity index (χ0v) is 20.6. The fraction of sp³-hybridized carbons (Fsp3) is 0.138. The van der Waals surface area contributed by atoms with Crippen LogP contribution in [0.5, 0.6) is 5.88 Å². The van der Waals surface area contributed by atoms with E-state index in [0.29, 0.717) is 29.9 Å². The molecule has 0 atom stereocenters. The number of nitrogens with two attached hydrogens (primary N) is 1. The zero-order valence-electron chi connectivity index (χ0n) is 19.8. The number of nitrogens with zero attached hydrogens (tertiary/aromatic N) is 4. The van der Waals surface area contributed by atoms with Gasteiger partial charge in [-0.2, -0.15) is 0 Å². The van der Waals surface area contributed by atoms with E-state index in [0.717, 1.165) is 22.3 Å². The van der Waals surface area contributed by atoms with E-state index in [9.17, 15) is 0 Å². The first-order chi connectivity index (χ1) is 17.8. The highest BCUT2D eigenvalue weighted by molar-refractivity contribution is 7.99. The van der Waals surface area contributed by atoms with Gasteiger partial charge in [-0.3, -0.25) is 0 Å². The minimum Gasteiger partial charge on any atom is -0.477 e. The minimum absolute atomic E-state index is 0.459. The third-order valence-electron chi connectivity index (χ3n) is 5.99. The molecule has 0 radical (unpaired) electrons. The topological polar surface area (TPSA) is 78.9 Å². The molecule has 36 heavy (non-hydrogen) atoms. The van der Waals surface area contributed by atoms with E-state index in [4.69, 9.17) is 15.6 Å². The predicted octanol–water partition coefficient (Wildman–Crippen LogP) is 5.14. The van der Waals surface area contributed by atoms with E-state index in [1.165, 1.54) is 0 Å². The molecule has 0 unspecified atom stereocenters. The normalized spacial score (nSPS) is 11.4. The van der Waals surface area contributed by atoms with Crippen LogP contribution >= 0.6 is 11.8 Å². The molecular formula is C29H27N5OS. The second kappa shape index (κ2) is 11.2. The van der Waals surface area contributed by atoms with Crippen LogP contribution in [0.3, 0.4) is 0 Å². The van der Waals surface area contributed by atoms with E-state index in [1.54, 1.807) is 18.0 Å². The van der Waals surface area contributed by atoms with Gasteiger partial charge in [-0.05, 0) is 28.3 Å². The molecule has 0 aliphatic carbocycles. The van der Waals surface area contributed by atoms with Gasteiger partial charge in [0.2, 0.25) is 11.0 Å². The summed E-state index contributed by atoms with van der Waals surface area (Å²) >= 11 is 1.55. The molecule has 0 aliphatic heterocycles. The summed E-state index contributed by atoms with van der Waals surface area (Å²) in [6.07, 6.45) is 3.53. The highest BCUT2D eigenvalue weighted by atomic mass is 32.2. The lowest BCUT2D eigenvalue weighted by Crippen LogP contribution is -2.38. The van der Waals surface area contributed by atoms with Gasteiger partial charge in [0.25, 0.3) is 0 Å². The van der Waals surface area contributed by atoms with Gasteiger partial charge in [-0.1, -0.05) is 103 Å². The molecule has 0 saturated heterocycles. The Bertz CT molecular complexity index is 1280. The molecule has 0 fully saturated rings. The number of hydrogen-bond acceptors (Lipinski definition) is 6. The van der Waals surface area contributed by atoms with E-state index in [1.807, 2.05) is 41.3 Å². The van der Waals surface area contributed by atoms with E-state index in [2.05, 4.69) is 82.8 Å². The molecule has 2 heterocycles. The molecule has 0 aliphatic rings. The third kappa shape index (κ3) is 4.89. The second-order valence-corrected chi connectivity index (χ2v) is 9.25. The Morgan fingerprint density at radius 2 is 1.36 bits per heavy atom. The van der Waals surface area contributed by atoms with Crippen molar-refractivity contribution in [2.75, 3.05) is 12.4 Å². The molecule has 0 spiro atoms. The van der Waals surface area contributed by atoms with Crippen LogP contribution in [-0.4, -0.2) is 32.1 Å². The van der Waals surface area contributed by atoms with Crippen molar-refractivity contribution in [2.24, 2.45) is 5.73 Å². The van der Waals surface area contributed by atoms with Gasteiger partial charge in [0, 0.05) is 24.6 Å². The molecular weight excluding hydrogens is 466 g/mol. The summed E-state index contributed by atoms with van der Waals surface area (Å²) in [7, 11) is 0. The van der Waals surface area contributed by atoms with Crippen molar-refractivity contribution in [1.29, 1.82) is 0 Å². The summed E-state index contributed by atoms with van der Waals surface area (Å²) < 4.78 is 7.78. The van der Waals surface area contributed by atoms with Crippen molar-refractivity contribution in [1.82, 2.24) is 19.7 Å². The SMILES string of the molecule is NCc1ccnc(OCCSc2ncn(C(c3ccccc3)(c3ccccc3)c3ccccc3)n2)c1. The zero-order chi connectivity index (χ0) is 24.6. The second-order valence-electron chi connectivity index (χ2n) is 8.18. The first kappa shape index (κ1) is 23.8. The van der Waals surface area contributed by atoms with E-state index in [-0.39, 0.29) is 0 Å². The smallest absolute Gasteiger partial charge is 0.213 e. The maximum atomic E-state index is 5.80. The molecule has 3 aromatic carbocycles. The quantitative estimate of drug-likeness (QED) is 0.165.